The molecule has 2 aromatic rings. The van der Waals surface area contributed by atoms with Crippen molar-refractivity contribution in [3.8, 4) is 5.75 Å². The SMILES string of the molecule is Cc1cc(Cl)ccc1OCCCC(=O)NNC(=O)CSc1ccccc1. The van der Waals surface area contributed by atoms with Crippen molar-refractivity contribution in [2.24, 2.45) is 0 Å². The average molecular weight is 393 g/mol. The van der Waals surface area contributed by atoms with E-state index < -0.39 is 0 Å². The number of hydrogen-bond acceptors (Lipinski definition) is 4. The molecule has 0 aliphatic heterocycles. The number of nitrogens with one attached hydrogen (secondary N) is 2. The predicted octanol–water partition coefficient (Wildman–Crippen LogP) is 3.75. The zero-order valence-corrected chi connectivity index (χ0v) is 16.0. The number of aryl methyl sites for hydroxylation is 1. The Labute approximate surface area is 162 Å². The fourth-order valence-corrected chi connectivity index (χ4v) is 3.04. The van der Waals surface area contributed by atoms with Gasteiger partial charge in [0, 0.05) is 16.3 Å². The van der Waals surface area contributed by atoms with Crippen molar-refractivity contribution in [3.05, 3.63) is 59.1 Å². The Hall–Kier alpha value is -2.18. The Balaban J connectivity index is 1.57. The highest BCUT2D eigenvalue weighted by molar-refractivity contribution is 8.00. The second-order valence-electron chi connectivity index (χ2n) is 5.56. The van der Waals surface area contributed by atoms with E-state index in [1.807, 2.05) is 49.4 Å². The van der Waals surface area contributed by atoms with Crippen LogP contribution < -0.4 is 15.6 Å². The van der Waals surface area contributed by atoms with Gasteiger partial charge in [-0.15, -0.1) is 11.8 Å². The summed E-state index contributed by atoms with van der Waals surface area (Å²) >= 11 is 7.30. The van der Waals surface area contributed by atoms with Crippen LogP contribution in [0.3, 0.4) is 0 Å². The van der Waals surface area contributed by atoms with Crippen LogP contribution in [0.2, 0.25) is 5.02 Å². The molecule has 0 saturated heterocycles. The highest BCUT2D eigenvalue weighted by atomic mass is 35.5. The number of thioether (sulfide) groups is 1. The maximum Gasteiger partial charge on any atom is 0.248 e. The number of halogens is 1. The third-order valence-electron chi connectivity index (χ3n) is 3.40. The van der Waals surface area contributed by atoms with Crippen molar-refractivity contribution < 1.29 is 14.3 Å². The molecule has 0 radical (unpaired) electrons. The maximum atomic E-state index is 11.7. The molecule has 2 N–H and O–H groups in total. The summed E-state index contributed by atoms with van der Waals surface area (Å²) in [5.41, 5.74) is 5.77. The summed E-state index contributed by atoms with van der Waals surface area (Å²) in [6, 6.07) is 15.0. The van der Waals surface area contributed by atoms with Gasteiger partial charge in [0.05, 0.1) is 12.4 Å². The van der Waals surface area contributed by atoms with E-state index in [0.29, 0.717) is 18.1 Å². The average Bonchev–Trinajstić information content (AvgIpc) is 2.64. The molecule has 0 aromatic heterocycles. The second-order valence-corrected chi connectivity index (χ2v) is 7.05. The monoisotopic (exact) mass is 392 g/mol. The first-order chi connectivity index (χ1) is 12.5. The van der Waals surface area contributed by atoms with Crippen molar-refractivity contribution in [2.45, 2.75) is 24.7 Å². The Kier molecular flexibility index (Phi) is 8.31. The Morgan fingerprint density at radius 1 is 1.08 bits per heavy atom. The molecule has 2 aromatic carbocycles. The van der Waals surface area contributed by atoms with E-state index in [2.05, 4.69) is 10.9 Å². The van der Waals surface area contributed by atoms with E-state index in [0.717, 1.165) is 16.2 Å². The van der Waals surface area contributed by atoms with Crippen LogP contribution in [0.25, 0.3) is 0 Å². The molecule has 0 atom stereocenters. The summed E-state index contributed by atoms with van der Waals surface area (Å²) in [6.07, 6.45) is 0.807. The molecular weight excluding hydrogens is 372 g/mol. The molecule has 5 nitrogen and oxygen atoms in total. The van der Waals surface area contributed by atoms with Crippen LogP contribution in [-0.4, -0.2) is 24.2 Å². The van der Waals surface area contributed by atoms with Crippen molar-refractivity contribution >= 4 is 35.2 Å². The van der Waals surface area contributed by atoms with Crippen LogP contribution in [0, 0.1) is 6.92 Å². The topological polar surface area (TPSA) is 67.4 Å². The van der Waals surface area contributed by atoms with E-state index >= 15 is 0 Å². The smallest absolute Gasteiger partial charge is 0.248 e. The number of ether oxygens (including phenoxy) is 1. The largest absolute Gasteiger partial charge is 0.493 e. The Morgan fingerprint density at radius 3 is 2.54 bits per heavy atom. The molecule has 2 amide bonds. The van der Waals surface area contributed by atoms with Gasteiger partial charge in [-0.1, -0.05) is 29.8 Å². The zero-order valence-electron chi connectivity index (χ0n) is 14.5. The highest BCUT2D eigenvalue weighted by Crippen LogP contribution is 2.21. The highest BCUT2D eigenvalue weighted by Gasteiger charge is 2.06. The molecule has 0 fully saturated rings. The first-order valence-corrected chi connectivity index (χ1v) is 9.55. The third kappa shape index (κ3) is 7.37. The second kappa shape index (κ2) is 10.7. The minimum Gasteiger partial charge on any atom is -0.493 e. The van der Waals surface area contributed by atoms with Crippen LogP contribution >= 0.6 is 23.4 Å². The first-order valence-electron chi connectivity index (χ1n) is 8.19. The van der Waals surface area contributed by atoms with Crippen LogP contribution in [0.1, 0.15) is 18.4 Å². The van der Waals surface area contributed by atoms with Crippen LogP contribution in [0.15, 0.2) is 53.4 Å². The van der Waals surface area contributed by atoms with Gasteiger partial charge in [-0.25, -0.2) is 0 Å². The summed E-state index contributed by atoms with van der Waals surface area (Å²) in [7, 11) is 0. The van der Waals surface area contributed by atoms with Gasteiger partial charge in [0.2, 0.25) is 11.8 Å². The van der Waals surface area contributed by atoms with Gasteiger partial charge in [-0.3, -0.25) is 20.4 Å². The first kappa shape index (κ1) is 20.1. The molecule has 7 heteroatoms. The summed E-state index contributed by atoms with van der Waals surface area (Å²) < 4.78 is 5.63. The Bertz CT molecular complexity index is 741. The number of hydrogen-bond donors (Lipinski definition) is 2. The minimum absolute atomic E-state index is 0.239. The molecule has 0 saturated carbocycles. The summed E-state index contributed by atoms with van der Waals surface area (Å²) in [5, 5.41) is 0.662. The van der Waals surface area contributed by atoms with Crippen molar-refractivity contribution in [3.63, 3.8) is 0 Å². The lowest BCUT2D eigenvalue weighted by atomic mass is 10.2. The number of benzene rings is 2. The lowest BCUT2D eigenvalue weighted by Crippen LogP contribution is -2.42. The minimum atomic E-state index is -0.250. The fourth-order valence-electron chi connectivity index (χ4n) is 2.09. The summed E-state index contributed by atoms with van der Waals surface area (Å²) in [4.78, 5) is 24.5. The lowest BCUT2D eigenvalue weighted by molar-refractivity contribution is -0.127. The van der Waals surface area contributed by atoms with Gasteiger partial charge in [-0.2, -0.15) is 0 Å². The van der Waals surface area contributed by atoms with Gasteiger partial charge in [0.25, 0.3) is 0 Å². The molecular formula is C19H21ClN2O3S. The number of carbonyl (C=O) groups excluding carboxylic acids is 2. The van der Waals surface area contributed by atoms with E-state index in [4.69, 9.17) is 16.3 Å². The molecule has 2 rings (SSSR count). The molecule has 0 bridgehead atoms. The standard InChI is InChI=1S/C19H21ClN2O3S/c1-14-12-15(20)9-10-17(14)25-11-5-8-18(23)21-22-19(24)13-26-16-6-3-2-4-7-16/h2-4,6-7,9-10,12H,5,8,11,13H2,1H3,(H,21,23)(H,22,24). The van der Waals surface area contributed by atoms with Gasteiger partial charge in [-0.05, 0) is 49.2 Å². The van der Waals surface area contributed by atoms with Gasteiger partial charge in [0.15, 0.2) is 0 Å². The number of carbonyl (C=O) groups is 2. The quantitative estimate of drug-likeness (QED) is 0.408. The number of amides is 2. The van der Waals surface area contributed by atoms with Crippen LogP contribution in [0.5, 0.6) is 5.75 Å². The maximum absolute atomic E-state index is 11.7. The summed E-state index contributed by atoms with van der Waals surface area (Å²) in [5.74, 6) is 0.490. The molecule has 0 spiro atoms. The lowest BCUT2D eigenvalue weighted by Gasteiger charge is -2.10. The zero-order chi connectivity index (χ0) is 18.8. The van der Waals surface area contributed by atoms with Crippen LogP contribution in [-0.2, 0) is 9.59 Å². The van der Waals surface area contributed by atoms with Crippen molar-refractivity contribution in [2.75, 3.05) is 12.4 Å². The van der Waals surface area contributed by atoms with E-state index in [-0.39, 0.29) is 24.0 Å². The molecule has 0 aliphatic rings. The van der Waals surface area contributed by atoms with Crippen molar-refractivity contribution in [1.82, 2.24) is 10.9 Å². The summed E-state index contributed by atoms with van der Waals surface area (Å²) in [6.45, 7) is 2.32. The third-order valence-corrected chi connectivity index (χ3v) is 4.64. The number of hydrazine groups is 1. The van der Waals surface area contributed by atoms with Crippen LogP contribution in [0.4, 0.5) is 0 Å². The van der Waals surface area contributed by atoms with Crippen molar-refractivity contribution in [1.29, 1.82) is 0 Å². The molecule has 138 valence electrons. The van der Waals surface area contributed by atoms with Gasteiger partial charge in [0.1, 0.15) is 5.75 Å². The predicted molar refractivity (Wildman–Crippen MR) is 104 cm³/mol. The molecule has 0 heterocycles. The van der Waals surface area contributed by atoms with E-state index in [1.54, 1.807) is 6.07 Å². The van der Waals surface area contributed by atoms with E-state index in [1.165, 1.54) is 11.8 Å². The Morgan fingerprint density at radius 2 is 1.81 bits per heavy atom. The molecule has 0 unspecified atom stereocenters. The van der Waals surface area contributed by atoms with Gasteiger partial charge < -0.3 is 4.74 Å². The van der Waals surface area contributed by atoms with E-state index in [9.17, 15) is 9.59 Å². The molecule has 26 heavy (non-hydrogen) atoms. The van der Waals surface area contributed by atoms with Gasteiger partial charge >= 0.3 is 0 Å². The normalized spacial score (nSPS) is 10.2. The number of rotatable bonds is 8. The molecule has 0 aliphatic carbocycles. The fraction of sp³-hybridized carbons (Fsp3) is 0.263.